The predicted octanol–water partition coefficient (Wildman–Crippen LogP) is 13.8. The lowest BCUT2D eigenvalue weighted by atomic mass is 9.94. The molecule has 42 heavy (non-hydrogen) atoms. The zero-order valence-corrected chi connectivity index (χ0v) is 30.8. The standard InChI is InChI=1S/C23H32.C8H18.C6H10O.2C2H6/c1-5-18(3)10-7-8-11-21-12-9-13-22(16-21)23-17-20(6-2)15-14-19(23)4;1-4-6-8(3)7-5-2;1-4-5(2)6(3)7;2*1-2/h9,12-18H,5-8,10-11H2,1-4H3;8H,4-7H2,1-3H3;4H,1-3H3;2*1-2H3/b;;5-4+;;/t18-;;;;/m0..../s1. The molecule has 0 aromatic heterocycles. The van der Waals surface area contributed by atoms with Gasteiger partial charge in [-0.25, -0.2) is 0 Å². The van der Waals surface area contributed by atoms with Crippen molar-refractivity contribution in [2.75, 3.05) is 0 Å². The lowest BCUT2D eigenvalue weighted by Crippen LogP contribution is -1.94. The Labute approximate surface area is 265 Å². The molecule has 242 valence electrons. The van der Waals surface area contributed by atoms with Gasteiger partial charge in [-0.05, 0) is 92.2 Å². The summed E-state index contributed by atoms with van der Waals surface area (Å²) >= 11 is 0. The van der Waals surface area contributed by atoms with E-state index in [9.17, 15) is 4.79 Å². The van der Waals surface area contributed by atoms with E-state index in [-0.39, 0.29) is 5.78 Å². The van der Waals surface area contributed by atoms with Crippen LogP contribution < -0.4 is 0 Å². The first-order valence-corrected chi connectivity index (χ1v) is 17.5. The van der Waals surface area contributed by atoms with Crippen LogP contribution in [0, 0.1) is 18.8 Å². The van der Waals surface area contributed by atoms with Gasteiger partial charge in [-0.15, -0.1) is 0 Å². The fraction of sp³-hybridized carbons (Fsp3) is 0.634. The zero-order valence-electron chi connectivity index (χ0n) is 30.8. The first kappa shape index (κ1) is 44.3. The highest BCUT2D eigenvalue weighted by Gasteiger charge is 2.05. The molecule has 2 aromatic carbocycles. The van der Waals surface area contributed by atoms with Crippen LogP contribution in [-0.2, 0) is 17.6 Å². The van der Waals surface area contributed by atoms with Gasteiger partial charge in [-0.1, -0.05) is 163 Å². The van der Waals surface area contributed by atoms with Gasteiger partial charge in [0.15, 0.2) is 5.78 Å². The molecule has 0 saturated heterocycles. The van der Waals surface area contributed by atoms with Crippen LogP contribution in [0.15, 0.2) is 54.1 Å². The molecule has 0 heterocycles. The zero-order chi connectivity index (χ0) is 32.9. The van der Waals surface area contributed by atoms with Crippen LogP contribution in [0.3, 0.4) is 0 Å². The largest absolute Gasteiger partial charge is 0.295 e. The van der Waals surface area contributed by atoms with E-state index in [1.165, 1.54) is 85.6 Å². The van der Waals surface area contributed by atoms with Crippen LogP contribution in [0.1, 0.15) is 158 Å². The van der Waals surface area contributed by atoms with Crippen molar-refractivity contribution >= 4 is 5.78 Å². The first-order chi connectivity index (χ1) is 20.1. The molecule has 0 saturated carbocycles. The number of unbranched alkanes of at least 4 members (excludes halogenated alkanes) is 1. The fourth-order valence-electron chi connectivity index (χ4n) is 4.45. The monoisotopic (exact) mass is 581 g/mol. The predicted molar refractivity (Wildman–Crippen MR) is 195 cm³/mol. The van der Waals surface area contributed by atoms with Gasteiger partial charge in [0.05, 0.1) is 0 Å². The van der Waals surface area contributed by atoms with Crippen molar-refractivity contribution < 1.29 is 4.79 Å². The Morgan fingerprint density at radius 3 is 1.81 bits per heavy atom. The molecule has 0 unspecified atom stereocenters. The first-order valence-electron chi connectivity index (χ1n) is 17.5. The molecule has 2 aromatic rings. The van der Waals surface area contributed by atoms with Crippen LogP contribution in [0.25, 0.3) is 11.1 Å². The van der Waals surface area contributed by atoms with E-state index in [1.54, 1.807) is 6.92 Å². The van der Waals surface area contributed by atoms with Crippen LogP contribution in [0.2, 0.25) is 0 Å². The van der Waals surface area contributed by atoms with Crippen molar-refractivity contribution in [3.05, 3.63) is 70.8 Å². The van der Waals surface area contributed by atoms with E-state index >= 15 is 0 Å². The maximum Gasteiger partial charge on any atom is 0.155 e. The minimum absolute atomic E-state index is 0.155. The van der Waals surface area contributed by atoms with Crippen molar-refractivity contribution in [2.24, 2.45) is 11.8 Å². The van der Waals surface area contributed by atoms with Crippen LogP contribution >= 0.6 is 0 Å². The van der Waals surface area contributed by atoms with Gasteiger partial charge >= 0.3 is 0 Å². The van der Waals surface area contributed by atoms with E-state index in [2.05, 4.69) is 90.9 Å². The number of hydrogen-bond donors (Lipinski definition) is 0. The van der Waals surface area contributed by atoms with Crippen molar-refractivity contribution in [1.82, 2.24) is 0 Å². The Bertz CT molecular complexity index is 914. The molecule has 1 heteroatoms. The normalized spacial score (nSPS) is 11.0. The summed E-state index contributed by atoms with van der Waals surface area (Å²) in [6.45, 7) is 29.2. The number of Topliss-reactive ketones (excluding diaryl/α,β-unsaturated/α-hetero) is 1. The minimum atomic E-state index is 0.155. The summed E-state index contributed by atoms with van der Waals surface area (Å²) in [7, 11) is 0. The maximum atomic E-state index is 10.3. The molecule has 0 bridgehead atoms. The molecule has 0 radical (unpaired) electrons. The molecular formula is C41H72O. The summed E-state index contributed by atoms with van der Waals surface area (Å²) in [6, 6.07) is 16.0. The van der Waals surface area contributed by atoms with E-state index in [1.807, 2.05) is 47.6 Å². The lowest BCUT2D eigenvalue weighted by molar-refractivity contribution is -0.113. The van der Waals surface area contributed by atoms with Crippen molar-refractivity contribution in [2.45, 2.75) is 161 Å². The number of ketones is 1. The average Bonchev–Trinajstić information content (AvgIpc) is 3.02. The highest BCUT2D eigenvalue weighted by Crippen LogP contribution is 2.26. The summed E-state index contributed by atoms with van der Waals surface area (Å²) < 4.78 is 0. The third-order valence-corrected chi connectivity index (χ3v) is 7.61. The lowest BCUT2D eigenvalue weighted by Gasteiger charge is -2.11. The Kier molecular flexibility index (Phi) is 32.0. The molecule has 0 spiro atoms. The Balaban J connectivity index is -0.000000659. The fourth-order valence-corrected chi connectivity index (χ4v) is 4.45. The molecule has 1 nitrogen and oxygen atoms in total. The number of aryl methyl sites for hydroxylation is 3. The van der Waals surface area contributed by atoms with Gasteiger partial charge in [-0.3, -0.25) is 4.79 Å². The molecule has 0 aliphatic rings. The summed E-state index contributed by atoms with van der Waals surface area (Å²) in [5, 5.41) is 0. The van der Waals surface area contributed by atoms with Crippen molar-refractivity contribution in [3.8, 4) is 11.1 Å². The quantitative estimate of drug-likeness (QED) is 0.170. The second-order valence-corrected chi connectivity index (χ2v) is 11.2. The second kappa shape index (κ2) is 30.3. The van der Waals surface area contributed by atoms with Gasteiger partial charge < -0.3 is 0 Å². The molecule has 0 aliphatic heterocycles. The van der Waals surface area contributed by atoms with Gasteiger partial charge in [0.25, 0.3) is 0 Å². The van der Waals surface area contributed by atoms with Crippen LogP contribution in [0.4, 0.5) is 0 Å². The molecular weight excluding hydrogens is 508 g/mol. The van der Waals surface area contributed by atoms with E-state index in [0.717, 1.165) is 23.8 Å². The molecule has 0 N–H and O–H groups in total. The topological polar surface area (TPSA) is 17.1 Å². The average molecular weight is 581 g/mol. The molecule has 0 amide bonds. The second-order valence-electron chi connectivity index (χ2n) is 11.2. The third-order valence-electron chi connectivity index (χ3n) is 7.61. The number of carbonyl (C=O) groups is 1. The number of rotatable bonds is 13. The van der Waals surface area contributed by atoms with E-state index < -0.39 is 0 Å². The van der Waals surface area contributed by atoms with Crippen molar-refractivity contribution in [1.29, 1.82) is 0 Å². The van der Waals surface area contributed by atoms with Gasteiger partial charge in [0, 0.05) is 0 Å². The summed E-state index contributed by atoms with van der Waals surface area (Å²) in [5.41, 5.74) is 7.87. The molecule has 2 rings (SSSR count). The van der Waals surface area contributed by atoms with E-state index in [4.69, 9.17) is 0 Å². The Morgan fingerprint density at radius 2 is 1.36 bits per heavy atom. The third kappa shape index (κ3) is 22.4. The van der Waals surface area contributed by atoms with Crippen LogP contribution in [0.5, 0.6) is 0 Å². The Morgan fingerprint density at radius 1 is 0.762 bits per heavy atom. The number of benzene rings is 2. The van der Waals surface area contributed by atoms with Gasteiger partial charge in [-0.2, -0.15) is 0 Å². The summed E-state index contributed by atoms with van der Waals surface area (Å²) in [6.07, 6.45) is 15.0. The highest BCUT2D eigenvalue weighted by molar-refractivity contribution is 5.92. The summed E-state index contributed by atoms with van der Waals surface area (Å²) in [4.78, 5) is 10.3. The smallest absolute Gasteiger partial charge is 0.155 e. The SMILES string of the molecule is C/C=C(\C)C(C)=O.CC.CC.CCCC(C)CCC.CCc1ccc(C)c(-c2cccc(CCCC[C@@H](C)CC)c2)c1. The van der Waals surface area contributed by atoms with Crippen molar-refractivity contribution in [3.63, 3.8) is 0 Å². The van der Waals surface area contributed by atoms with E-state index in [0.29, 0.717) is 0 Å². The Hall–Kier alpha value is -2.15. The highest BCUT2D eigenvalue weighted by atomic mass is 16.1. The van der Waals surface area contributed by atoms with Crippen LogP contribution in [-0.4, -0.2) is 5.78 Å². The van der Waals surface area contributed by atoms with Gasteiger partial charge in [0.2, 0.25) is 0 Å². The minimum Gasteiger partial charge on any atom is -0.295 e. The van der Waals surface area contributed by atoms with Gasteiger partial charge in [0.1, 0.15) is 0 Å². The summed E-state index contributed by atoms with van der Waals surface area (Å²) in [5.74, 6) is 1.99. The molecule has 0 fully saturated rings. The number of allylic oxidation sites excluding steroid dienone is 2. The molecule has 1 atom stereocenters. The number of hydrogen-bond acceptors (Lipinski definition) is 1. The number of carbonyl (C=O) groups excluding carboxylic acids is 1. The molecule has 0 aliphatic carbocycles. The maximum absolute atomic E-state index is 10.3.